The van der Waals surface area contributed by atoms with Crippen LogP contribution in [0.2, 0.25) is 0 Å². The molecule has 2 rings (SSSR count). The van der Waals surface area contributed by atoms with Crippen LogP contribution in [0.4, 0.5) is 0 Å². The fourth-order valence-electron chi connectivity index (χ4n) is 2.24. The summed E-state index contributed by atoms with van der Waals surface area (Å²) in [5, 5.41) is 0. The van der Waals surface area contributed by atoms with Gasteiger partial charge in [-0.1, -0.05) is 6.07 Å². The number of hydrogen-bond donors (Lipinski definition) is 0. The molecule has 0 aromatic heterocycles. The lowest BCUT2D eigenvalue weighted by Crippen LogP contribution is -2.22. The van der Waals surface area contributed by atoms with Crippen LogP contribution in [0.15, 0.2) is 12.1 Å². The number of carbonyl (C=O) groups is 1. The summed E-state index contributed by atoms with van der Waals surface area (Å²) in [6.07, 6.45) is 1.69. The summed E-state index contributed by atoms with van der Waals surface area (Å²) >= 11 is 0. The van der Waals surface area contributed by atoms with E-state index in [4.69, 9.17) is 9.47 Å². The van der Waals surface area contributed by atoms with Gasteiger partial charge in [0, 0.05) is 5.56 Å². The van der Waals surface area contributed by atoms with Gasteiger partial charge in [0.15, 0.2) is 0 Å². The number of benzene rings is 1. The SMILES string of the molecule is COC(=O)C1(c2cc(C)c(C)cc2OC)CC1. The molecule has 0 bridgehead atoms. The van der Waals surface area contributed by atoms with E-state index in [0.717, 1.165) is 24.2 Å². The fraction of sp³-hybridized carbons (Fsp3) is 0.500. The Bertz CT molecular complexity index is 459. The lowest BCUT2D eigenvalue weighted by Gasteiger charge is -2.18. The van der Waals surface area contributed by atoms with Crippen molar-refractivity contribution >= 4 is 5.97 Å². The van der Waals surface area contributed by atoms with Crippen molar-refractivity contribution in [2.45, 2.75) is 32.1 Å². The van der Waals surface area contributed by atoms with Gasteiger partial charge < -0.3 is 9.47 Å². The van der Waals surface area contributed by atoms with E-state index < -0.39 is 5.41 Å². The molecule has 0 spiro atoms. The number of ether oxygens (including phenoxy) is 2. The van der Waals surface area contributed by atoms with E-state index >= 15 is 0 Å². The Hall–Kier alpha value is -1.51. The summed E-state index contributed by atoms with van der Waals surface area (Å²) in [6, 6.07) is 4.05. The van der Waals surface area contributed by atoms with Crippen LogP contribution in [0, 0.1) is 13.8 Å². The molecule has 1 saturated carbocycles. The topological polar surface area (TPSA) is 35.5 Å². The van der Waals surface area contributed by atoms with Gasteiger partial charge in [-0.3, -0.25) is 4.79 Å². The minimum absolute atomic E-state index is 0.154. The Balaban J connectivity index is 2.52. The van der Waals surface area contributed by atoms with Gasteiger partial charge in [-0.15, -0.1) is 0 Å². The van der Waals surface area contributed by atoms with E-state index in [9.17, 15) is 4.79 Å². The highest BCUT2D eigenvalue weighted by Crippen LogP contribution is 2.52. The summed E-state index contributed by atoms with van der Waals surface area (Å²) in [5.41, 5.74) is 2.86. The van der Waals surface area contributed by atoms with Crippen molar-refractivity contribution in [3.63, 3.8) is 0 Å². The molecule has 0 saturated heterocycles. The first-order valence-electron chi connectivity index (χ1n) is 5.79. The summed E-state index contributed by atoms with van der Waals surface area (Å²) in [4.78, 5) is 11.9. The third kappa shape index (κ3) is 1.79. The van der Waals surface area contributed by atoms with Gasteiger partial charge in [0.25, 0.3) is 0 Å². The Kier molecular flexibility index (Phi) is 2.86. The molecule has 1 fully saturated rings. The molecule has 1 aromatic carbocycles. The molecule has 0 unspecified atom stereocenters. The molecule has 0 N–H and O–H groups in total. The number of rotatable bonds is 3. The molecule has 0 heterocycles. The van der Waals surface area contributed by atoms with Gasteiger partial charge >= 0.3 is 5.97 Å². The molecule has 17 heavy (non-hydrogen) atoms. The van der Waals surface area contributed by atoms with Crippen LogP contribution >= 0.6 is 0 Å². The van der Waals surface area contributed by atoms with Gasteiger partial charge in [0.2, 0.25) is 0 Å². The van der Waals surface area contributed by atoms with Crippen LogP contribution in [0.5, 0.6) is 5.75 Å². The Labute approximate surface area is 102 Å². The first-order valence-corrected chi connectivity index (χ1v) is 5.79. The lowest BCUT2D eigenvalue weighted by atomic mass is 9.92. The summed E-state index contributed by atoms with van der Waals surface area (Å²) in [5.74, 6) is 0.634. The molecular weight excluding hydrogens is 216 g/mol. The number of methoxy groups -OCH3 is 2. The van der Waals surface area contributed by atoms with E-state index in [1.807, 2.05) is 19.9 Å². The van der Waals surface area contributed by atoms with E-state index in [1.54, 1.807) is 7.11 Å². The maximum Gasteiger partial charge on any atom is 0.316 e. The summed E-state index contributed by atoms with van der Waals surface area (Å²) in [6.45, 7) is 4.09. The maximum atomic E-state index is 11.9. The number of hydrogen-bond acceptors (Lipinski definition) is 3. The van der Waals surface area contributed by atoms with Crippen LogP contribution in [-0.4, -0.2) is 20.2 Å². The zero-order chi connectivity index (χ0) is 12.6. The standard InChI is InChI=1S/C14H18O3/c1-9-7-11(12(16-3)8-10(9)2)14(5-6-14)13(15)17-4/h7-8H,5-6H2,1-4H3. The van der Waals surface area contributed by atoms with Crippen molar-refractivity contribution in [2.75, 3.05) is 14.2 Å². The van der Waals surface area contributed by atoms with E-state index in [0.29, 0.717) is 0 Å². The molecule has 1 aliphatic carbocycles. The van der Waals surface area contributed by atoms with Crippen LogP contribution < -0.4 is 4.74 Å². The highest BCUT2D eigenvalue weighted by molar-refractivity contribution is 5.87. The van der Waals surface area contributed by atoms with E-state index in [-0.39, 0.29) is 5.97 Å². The highest BCUT2D eigenvalue weighted by atomic mass is 16.5. The predicted molar refractivity (Wildman–Crippen MR) is 65.4 cm³/mol. The zero-order valence-corrected chi connectivity index (χ0v) is 10.8. The zero-order valence-electron chi connectivity index (χ0n) is 10.8. The number of carbonyl (C=O) groups excluding carboxylic acids is 1. The second kappa shape index (κ2) is 4.06. The first kappa shape index (κ1) is 12.0. The van der Waals surface area contributed by atoms with Crippen molar-refractivity contribution in [1.29, 1.82) is 0 Å². The second-order valence-electron chi connectivity index (χ2n) is 4.71. The fourth-order valence-corrected chi connectivity index (χ4v) is 2.24. The van der Waals surface area contributed by atoms with Gasteiger partial charge in [-0.2, -0.15) is 0 Å². The quantitative estimate of drug-likeness (QED) is 0.754. The molecule has 3 nitrogen and oxygen atoms in total. The molecule has 92 valence electrons. The smallest absolute Gasteiger partial charge is 0.316 e. The Morgan fingerprint density at radius 2 is 1.76 bits per heavy atom. The summed E-state index contributed by atoms with van der Waals surface area (Å²) in [7, 11) is 3.08. The lowest BCUT2D eigenvalue weighted by molar-refractivity contribution is -0.143. The highest BCUT2D eigenvalue weighted by Gasteiger charge is 2.54. The maximum absolute atomic E-state index is 11.9. The van der Waals surface area contributed by atoms with Crippen molar-refractivity contribution in [2.24, 2.45) is 0 Å². The average molecular weight is 234 g/mol. The molecular formula is C14H18O3. The van der Waals surface area contributed by atoms with Crippen LogP contribution in [0.3, 0.4) is 0 Å². The van der Waals surface area contributed by atoms with Crippen molar-refractivity contribution in [3.05, 3.63) is 28.8 Å². The second-order valence-corrected chi connectivity index (χ2v) is 4.71. The largest absolute Gasteiger partial charge is 0.496 e. The Morgan fingerprint density at radius 3 is 2.24 bits per heavy atom. The van der Waals surface area contributed by atoms with Crippen LogP contribution in [-0.2, 0) is 14.9 Å². The van der Waals surface area contributed by atoms with E-state index in [1.165, 1.54) is 18.2 Å². The van der Waals surface area contributed by atoms with Gasteiger partial charge in [-0.25, -0.2) is 0 Å². The van der Waals surface area contributed by atoms with Crippen LogP contribution in [0.25, 0.3) is 0 Å². The average Bonchev–Trinajstić information content (AvgIpc) is 3.12. The van der Waals surface area contributed by atoms with E-state index in [2.05, 4.69) is 6.07 Å². The molecule has 1 aliphatic rings. The predicted octanol–water partition coefficient (Wildman–Crippen LogP) is 2.52. The number of esters is 1. The monoisotopic (exact) mass is 234 g/mol. The van der Waals surface area contributed by atoms with Crippen LogP contribution in [0.1, 0.15) is 29.5 Å². The Morgan fingerprint density at radius 1 is 1.18 bits per heavy atom. The molecule has 3 heteroatoms. The third-order valence-corrected chi connectivity index (χ3v) is 3.66. The number of aryl methyl sites for hydroxylation is 2. The minimum atomic E-state index is -0.460. The van der Waals surface area contributed by atoms with Crippen molar-refractivity contribution in [1.82, 2.24) is 0 Å². The van der Waals surface area contributed by atoms with Gasteiger partial charge in [-0.05, 0) is 43.9 Å². The normalized spacial score (nSPS) is 16.5. The first-order chi connectivity index (χ1) is 8.05. The molecule has 0 aliphatic heterocycles. The summed E-state index contributed by atoms with van der Waals surface area (Å²) < 4.78 is 10.3. The molecule has 1 aromatic rings. The molecule has 0 radical (unpaired) electrons. The minimum Gasteiger partial charge on any atom is -0.496 e. The third-order valence-electron chi connectivity index (χ3n) is 3.66. The molecule has 0 atom stereocenters. The van der Waals surface area contributed by atoms with Crippen molar-refractivity contribution in [3.8, 4) is 5.75 Å². The van der Waals surface area contributed by atoms with Crippen molar-refractivity contribution < 1.29 is 14.3 Å². The van der Waals surface area contributed by atoms with Gasteiger partial charge in [0.1, 0.15) is 5.75 Å². The molecule has 0 amide bonds. The van der Waals surface area contributed by atoms with Gasteiger partial charge in [0.05, 0.1) is 19.6 Å².